The van der Waals surface area contributed by atoms with E-state index in [0.717, 1.165) is 15.6 Å². The Labute approximate surface area is 165 Å². The lowest BCUT2D eigenvalue weighted by molar-refractivity contribution is -0.124. The zero-order valence-electron chi connectivity index (χ0n) is 13.5. The van der Waals surface area contributed by atoms with E-state index < -0.39 is 0 Å². The summed E-state index contributed by atoms with van der Waals surface area (Å²) in [6.45, 7) is 1.81. The number of hydrogen-bond acceptors (Lipinski definition) is 2. The van der Waals surface area contributed by atoms with Crippen molar-refractivity contribution in [3.8, 4) is 0 Å². The monoisotopic (exact) mass is 442 g/mol. The molecule has 0 aliphatic carbocycles. The standard InChI is InChI=1S/C18H17BrCl2N2O2/c1-11-9-13(19)6-7-15(11)23-17(25)10-22-16(24)8-5-12-3-2-4-14(20)18(12)21/h2-4,6-7,9H,5,8,10H2,1H3,(H,22,24)(H,23,25). The Morgan fingerprint density at radius 3 is 2.60 bits per heavy atom. The third kappa shape index (κ3) is 6.03. The first-order chi connectivity index (χ1) is 11.9. The van der Waals surface area contributed by atoms with Crippen LogP contribution < -0.4 is 10.6 Å². The molecule has 2 amide bonds. The molecule has 2 rings (SSSR count). The predicted octanol–water partition coefficient (Wildman–Crippen LogP) is 4.75. The summed E-state index contributed by atoms with van der Waals surface area (Å²) in [5, 5.41) is 6.29. The average molecular weight is 444 g/mol. The van der Waals surface area contributed by atoms with E-state index in [0.29, 0.717) is 22.2 Å². The Morgan fingerprint density at radius 2 is 1.88 bits per heavy atom. The number of rotatable bonds is 6. The van der Waals surface area contributed by atoms with E-state index >= 15 is 0 Å². The predicted molar refractivity (Wildman–Crippen MR) is 105 cm³/mol. The highest BCUT2D eigenvalue weighted by Gasteiger charge is 2.10. The molecule has 132 valence electrons. The van der Waals surface area contributed by atoms with Crippen LogP contribution in [0.1, 0.15) is 17.5 Å². The molecule has 0 spiro atoms. The van der Waals surface area contributed by atoms with Crippen LogP contribution >= 0.6 is 39.1 Å². The van der Waals surface area contributed by atoms with Crippen molar-refractivity contribution >= 4 is 56.6 Å². The van der Waals surface area contributed by atoms with E-state index in [1.807, 2.05) is 25.1 Å². The number of carbonyl (C=O) groups excluding carboxylic acids is 2. The fourth-order valence-electron chi connectivity index (χ4n) is 2.22. The molecule has 0 bridgehead atoms. The van der Waals surface area contributed by atoms with Crippen molar-refractivity contribution in [3.05, 3.63) is 62.0 Å². The summed E-state index contributed by atoms with van der Waals surface area (Å²) in [5.41, 5.74) is 2.46. The van der Waals surface area contributed by atoms with Gasteiger partial charge in [-0.1, -0.05) is 51.3 Å². The summed E-state index contributed by atoms with van der Waals surface area (Å²) >= 11 is 15.4. The minimum Gasteiger partial charge on any atom is -0.347 e. The molecule has 25 heavy (non-hydrogen) atoms. The third-order valence-electron chi connectivity index (χ3n) is 3.56. The Balaban J connectivity index is 1.79. The number of nitrogens with one attached hydrogen (secondary N) is 2. The maximum Gasteiger partial charge on any atom is 0.243 e. The second-order valence-corrected chi connectivity index (χ2v) is 7.20. The van der Waals surface area contributed by atoms with Gasteiger partial charge >= 0.3 is 0 Å². The topological polar surface area (TPSA) is 58.2 Å². The second-order valence-electron chi connectivity index (χ2n) is 5.50. The largest absolute Gasteiger partial charge is 0.347 e. The van der Waals surface area contributed by atoms with Crippen molar-refractivity contribution in [1.29, 1.82) is 0 Å². The highest BCUT2D eigenvalue weighted by Crippen LogP contribution is 2.26. The molecule has 2 aromatic rings. The number of carbonyl (C=O) groups is 2. The maximum atomic E-state index is 12.0. The molecule has 0 aliphatic heterocycles. The lowest BCUT2D eigenvalue weighted by Gasteiger charge is -2.10. The van der Waals surface area contributed by atoms with Crippen molar-refractivity contribution in [2.45, 2.75) is 19.8 Å². The van der Waals surface area contributed by atoms with Crippen LogP contribution in [0, 0.1) is 6.92 Å². The van der Waals surface area contributed by atoms with Crippen molar-refractivity contribution in [2.24, 2.45) is 0 Å². The van der Waals surface area contributed by atoms with E-state index in [4.69, 9.17) is 23.2 Å². The van der Waals surface area contributed by atoms with Crippen molar-refractivity contribution in [2.75, 3.05) is 11.9 Å². The van der Waals surface area contributed by atoms with Gasteiger partial charge in [0.25, 0.3) is 0 Å². The molecule has 7 heteroatoms. The molecular weight excluding hydrogens is 427 g/mol. The number of halogens is 3. The van der Waals surface area contributed by atoms with Crippen molar-refractivity contribution in [1.82, 2.24) is 5.32 Å². The molecule has 0 heterocycles. The van der Waals surface area contributed by atoms with Crippen LogP contribution in [-0.2, 0) is 16.0 Å². The van der Waals surface area contributed by atoms with E-state index in [9.17, 15) is 9.59 Å². The third-order valence-corrected chi connectivity index (χ3v) is 4.91. The lowest BCUT2D eigenvalue weighted by Crippen LogP contribution is -2.33. The van der Waals surface area contributed by atoms with Gasteiger partial charge in [0.2, 0.25) is 11.8 Å². The van der Waals surface area contributed by atoms with Gasteiger partial charge in [-0.25, -0.2) is 0 Å². The zero-order chi connectivity index (χ0) is 18.4. The van der Waals surface area contributed by atoms with Crippen LogP contribution in [0.3, 0.4) is 0 Å². The quantitative estimate of drug-likeness (QED) is 0.676. The molecule has 0 radical (unpaired) electrons. The summed E-state index contributed by atoms with van der Waals surface area (Å²) < 4.78 is 0.941. The van der Waals surface area contributed by atoms with Gasteiger partial charge in [0.1, 0.15) is 0 Å². The highest BCUT2D eigenvalue weighted by molar-refractivity contribution is 9.10. The lowest BCUT2D eigenvalue weighted by atomic mass is 10.1. The fraction of sp³-hybridized carbons (Fsp3) is 0.222. The molecule has 2 aromatic carbocycles. The zero-order valence-corrected chi connectivity index (χ0v) is 16.6. The smallest absolute Gasteiger partial charge is 0.243 e. The number of anilines is 1. The second kappa shape index (κ2) is 9.22. The van der Waals surface area contributed by atoms with Crippen molar-refractivity contribution in [3.63, 3.8) is 0 Å². The Kier molecular flexibility index (Phi) is 7.29. The highest BCUT2D eigenvalue weighted by atomic mass is 79.9. The van der Waals surface area contributed by atoms with E-state index in [2.05, 4.69) is 26.6 Å². The van der Waals surface area contributed by atoms with Crippen LogP contribution in [0.15, 0.2) is 40.9 Å². The first kappa shape index (κ1) is 19.8. The van der Waals surface area contributed by atoms with Gasteiger partial charge < -0.3 is 10.6 Å². The Bertz CT molecular complexity index is 797. The Hall–Kier alpha value is -1.56. The minimum atomic E-state index is -0.278. The summed E-state index contributed by atoms with van der Waals surface area (Å²) in [6, 6.07) is 10.9. The van der Waals surface area contributed by atoms with Gasteiger partial charge in [0.05, 0.1) is 16.6 Å². The molecule has 0 aliphatic rings. The van der Waals surface area contributed by atoms with Crippen LogP contribution in [0.4, 0.5) is 5.69 Å². The van der Waals surface area contributed by atoms with Gasteiger partial charge in [-0.3, -0.25) is 9.59 Å². The van der Waals surface area contributed by atoms with Crippen LogP contribution in [-0.4, -0.2) is 18.4 Å². The number of benzene rings is 2. The summed E-state index contributed by atoms with van der Waals surface area (Å²) in [5.74, 6) is -0.502. The SMILES string of the molecule is Cc1cc(Br)ccc1NC(=O)CNC(=O)CCc1cccc(Cl)c1Cl. The molecule has 0 aromatic heterocycles. The van der Waals surface area contributed by atoms with E-state index in [1.54, 1.807) is 18.2 Å². The first-order valence-corrected chi connectivity index (χ1v) is 9.17. The molecular formula is C18H17BrCl2N2O2. The summed E-state index contributed by atoms with van der Waals surface area (Å²) in [6.07, 6.45) is 0.684. The fourth-order valence-corrected chi connectivity index (χ4v) is 3.11. The van der Waals surface area contributed by atoms with Crippen LogP contribution in [0.5, 0.6) is 0 Å². The molecule has 4 nitrogen and oxygen atoms in total. The minimum absolute atomic E-state index is 0.0857. The van der Waals surface area contributed by atoms with Crippen LogP contribution in [0.25, 0.3) is 0 Å². The van der Waals surface area contributed by atoms with E-state index in [1.165, 1.54) is 0 Å². The molecule has 0 unspecified atom stereocenters. The van der Waals surface area contributed by atoms with Gasteiger partial charge in [0.15, 0.2) is 0 Å². The molecule has 0 atom stereocenters. The maximum absolute atomic E-state index is 12.0. The molecule has 0 fully saturated rings. The van der Waals surface area contributed by atoms with Crippen LogP contribution in [0.2, 0.25) is 10.0 Å². The van der Waals surface area contributed by atoms with Crippen molar-refractivity contribution < 1.29 is 9.59 Å². The first-order valence-electron chi connectivity index (χ1n) is 7.62. The van der Waals surface area contributed by atoms with Gasteiger partial charge in [-0.05, 0) is 48.7 Å². The average Bonchev–Trinajstić information content (AvgIpc) is 2.57. The van der Waals surface area contributed by atoms with Gasteiger partial charge in [-0.15, -0.1) is 0 Å². The molecule has 2 N–H and O–H groups in total. The number of aryl methyl sites for hydroxylation is 2. The van der Waals surface area contributed by atoms with E-state index in [-0.39, 0.29) is 24.8 Å². The van der Waals surface area contributed by atoms with Gasteiger partial charge in [0, 0.05) is 16.6 Å². The van der Waals surface area contributed by atoms with Gasteiger partial charge in [-0.2, -0.15) is 0 Å². The molecule has 0 saturated carbocycles. The number of amides is 2. The summed E-state index contributed by atoms with van der Waals surface area (Å²) in [4.78, 5) is 23.9. The number of hydrogen-bond donors (Lipinski definition) is 2. The Morgan fingerprint density at radius 1 is 1.12 bits per heavy atom. The summed E-state index contributed by atoms with van der Waals surface area (Å²) in [7, 11) is 0. The molecule has 0 saturated heterocycles. The normalized spacial score (nSPS) is 10.4.